The van der Waals surface area contributed by atoms with Crippen LogP contribution in [0.4, 0.5) is 5.13 Å². The zero-order chi connectivity index (χ0) is 21.6. The molecule has 1 N–H and O–H groups in total. The van der Waals surface area contributed by atoms with Crippen molar-refractivity contribution in [1.29, 1.82) is 0 Å². The summed E-state index contributed by atoms with van der Waals surface area (Å²) in [5.41, 5.74) is 2.71. The number of aryl methyl sites for hydroxylation is 2. The van der Waals surface area contributed by atoms with Crippen LogP contribution in [-0.4, -0.2) is 28.1 Å². The summed E-state index contributed by atoms with van der Waals surface area (Å²) in [6, 6.07) is 17.4. The van der Waals surface area contributed by atoms with Gasteiger partial charge in [-0.3, -0.25) is 4.79 Å². The minimum absolute atomic E-state index is 0.145. The van der Waals surface area contributed by atoms with Crippen LogP contribution in [0.5, 0.6) is 5.75 Å². The maximum atomic E-state index is 12.5. The Morgan fingerprint density at radius 3 is 2.65 bits per heavy atom. The number of carbonyl (C=O) groups is 1. The molecule has 0 radical (unpaired) electrons. The average molecular weight is 435 g/mol. The highest BCUT2D eigenvalue weighted by Crippen LogP contribution is 2.31. The summed E-state index contributed by atoms with van der Waals surface area (Å²) in [4.78, 5) is 22.6. The zero-order valence-corrected chi connectivity index (χ0v) is 18.1. The number of methoxy groups -OCH3 is 1. The van der Waals surface area contributed by atoms with Gasteiger partial charge in [0, 0.05) is 23.3 Å². The number of nitrogens with zero attached hydrogens (tertiary/aromatic N) is 3. The summed E-state index contributed by atoms with van der Waals surface area (Å²) < 4.78 is 10.6. The third-order valence-corrected chi connectivity index (χ3v) is 5.81. The van der Waals surface area contributed by atoms with Crippen LogP contribution in [0.1, 0.15) is 24.1 Å². The number of carbonyl (C=O) groups excluding carboxylic acids is 1. The van der Waals surface area contributed by atoms with E-state index in [0.717, 1.165) is 28.1 Å². The molecule has 0 unspecified atom stereocenters. The molecule has 1 amide bonds. The highest BCUT2D eigenvalue weighted by Gasteiger charge is 2.16. The number of aromatic nitrogens is 3. The lowest BCUT2D eigenvalue weighted by Gasteiger charge is -2.03. The molecule has 0 fully saturated rings. The van der Waals surface area contributed by atoms with Gasteiger partial charge >= 0.3 is 0 Å². The number of hydrogen-bond donors (Lipinski definition) is 1. The second kappa shape index (κ2) is 9.53. The summed E-state index contributed by atoms with van der Waals surface area (Å²) in [6.45, 7) is 2.08. The smallest absolute Gasteiger partial charge is 0.227 e. The molecule has 0 aliphatic rings. The van der Waals surface area contributed by atoms with E-state index in [1.54, 1.807) is 7.11 Å². The Morgan fingerprint density at radius 1 is 1.10 bits per heavy atom. The van der Waals surface area contributed by atoms with Gasteiger partial charge < -0.3 is 14.6 Å². The van der Waals surface area contributed by atoms with Crippen molar-refractivity contribution < 1.29 is 14.1 Å². The fourth-order valence-corrected chi connectivity index (χ4v) is 4.10. The van der Waals surface area contributed by atoms with E-state index in [4.69, 9.17) is 9.26 Å². The first-order valence-corrected chi connectivity index (χ1v) is 10.8. The first-order chi connectivity index (χ1) is 15.2. The molecule has 31 heavy (non-hydrogen) atoms. The topological polar surface area (TPSA) is 90.1 Å². The number of nitrogens with one attached hydrogen (secondary N) is 1. The van der Waals surface area contributed by atoms with Crippen LogP contribution < -0.4 is 10.1 Å². The summed E-state index contributed by atoms with van der Waals surface area (Å²) in [5, 5.41) is 7.50. The van der Waals surface area contributed by atoms with E-state index in [1.165, 1.54) is 11.3 Å². The lowest BCUT2D eigenvalue weighted by molar-refractivity contribution is -0.116. The lowest BCUT2D eigenvalue weighted by atomic mass is 10.1. The Morgan fingerprint density at radius 2 is 1.87 bits per heavy atom. The van der Waals surface area contributed by atoms with Crippen LogP contribution >= 0.6 is 11.3 Å². The maximum absolute atomic E-state index is 12.5. The van der Waals surface area contributed by atoms with E-state index in [0.29, 0.717) is 29.0 Å². The molecule has 0 saturated heterocycles. The third-order valence-electron chi connectivity index (χ3n) is 4.69. The Bertz CT molecular complexity index is 1170. The number of para-hydroxylation sites is 1. The fourth-order valence-electron chi connectivity index (χ4n) is 3.16. The molecule has 0 aliphatic heterocycles. The van der Waals surface area contributed by atoms with E-state index in [1.807, 2.05) is 54.6 Å². The fraction of sp³-hybridized carbons (Fsp3) is 0.217. The molecule has 0 saturated carbocycles. The molecular weight excluding hydrogens is 412 g/mol. The molecule has 0 aliphatic carbocycles. The van der Waals surface area contributed by atoms with Gasteiger partial charge in [-0.1, -0.05) is 54.5 Å². The number of benzene rings is 2. The molecule has 7 nitrogen and oxygen atoms in total. The summed E-state index contributed by atoms with van der Waals surface area (Å²) in [6.07, 6.45) is 1.41. The maximum Gasteiger partial charge on any atom is 0.227 e. The molecule has 2 aromatic heterocycles. The van der Waals surface area contributed by atoms with Crippen LogP contribution in [0.3, 0.4) is 0 Å². The quantitative estimate of drug-likeness (QED) is 0.420. The first-order valence-electron chi connectivity index (χ1n) is 9.99. The Hall–Kier alpha value is -3.52. The normalized spacial score (nSPS) is 10.8. The SMILES string of the molecule is CCc1sc(NC(=O)CCc2nc(-c3ccccc3OC)no2)nc1-c1ccccc1. The van der Waals surface area contributed by atoms with Gasteiger partial charge in [-0.2, -0.15) is 4.98 Å². The van der Waals surface area contributed by atoms with Gasteiger partial charge in [0.25, 0.3) is 0 Å². The van der Waals surface area contributed by atoms with E-state index in [9.17, 15) is 4.79 Å². The Labute approximate surface area is 184 Å². The predicted molar refractivity (Wildman–Crippen MR) is 120 cm³/mol. The van der Waals surface area contributed by atoms with Gasteiger partial charge in [0.15, 0.2) is 5.13 Å². The molecule has 8 heteroatoms. The van der Waals surface area contributed by atoms with Crippen molar-refractivity contribution in [3.05, 3.63) is 65.4 Å². The van der Waals surface area contributed by atoms with Crippen LogP contribution in [0.2, 0.25) is 0 Å². The molecule has 4 aromatic rings. The van der Waals surface area contributed by atoms with E-state index in [-0.39, 0.29) is 12.3 Å². The van der Waals surface area contributed by atoms with Crippen molar-refractivity contribution in [2.24, 2.45) is 0 Å². The van der Waals surface area contributed by atoms with Crippen molar-refractivity contribution >= 4 is 22.4 Å². The molecule has 2 heterocycles. The van der Waals surface area contributed by atoms with Crippen molar-refractivity contribution in [3.8, 4) is 28.4 Å². The van der Waals surface area contributed by atoms with Gasteiger partial charge in [-0.25, -0.2) is 4.98 Å². The molecule has 0 spiro atoms. The second-order valence-corrected chi connectivity index (χ2v) is 7.85. The van der Waals surface area contributed by atoms with Crippen LogP contribution in [-0.2, 0) is 17.6 Å². The molecule has 4 rings (SSSR count). The minimum Gasteiger partial charge on any atom is -0.496 e. The number of thiazole rings is 1. The van der Waals surface area contributed by atoms with Gasteiger partial charge in [0.1, 0.15) is 5.75 Å². The van der Waals surface area contributed by atoms with Gasteiger partial charge in [0.2, 0.25) is 17.6 Å². The monoisotopic (exact) mass is 434 g/mol. The Balaban J connectivity index is 1.39. The van der Waals surface area contributed by atoms with Crippen molar-refractivity contribution in [1.82, 2.24) is 15.1 Å². The second-order valence-electron chi connectivity index (χ2n) is 6.77. The summed E-state index contributed by atoms with van der Waals surface area (Å²) in [7, 11) is 1.59. The predicted octanol–water partition coefficient (Wildman–Crippen LogP) is 5.00. The zero-order valence-electron chi connectivity index (χ0n) is 17.3. The van der Waals surface area contributed by atoms with Crippen molar-refractivity contribution in [3.63, 3.8) is 0 Å². The molecule has 2 aromatic carbocycles. The van der Waals surface area contributed by atoms with Crippen LogP contribution in [0.15, 0.2) is 59.1 Å². The van der Waals surface area contributed by atoms with Crippen molar-refractivity contribution in [2.75, 3.05) is 12.4 Å². The largest absolute Gasteiger partial charge is 0.496 e. The van der Waals surface area contributed by atoms with E-state index in [2.05, 4.69) is 27.4 Å². The standard InChI is InChI=1S/C23H22N4O3S/c1-3-18-21(15-9-5-4-6-10-15)26-23(31-18)24-19(28)13-14-20-25-22(27-30-20)16-11-7-8-12-17(16)29-2/h4-12H,3,13-14H2,1-2H3,(H,24,26,28). The van der Waals surface area contributed by atoms with Gasteiger partial charge in [0.05, 0.1) is 18.4 Å². The minimum atomic E-state index is -0.145. The molecule has 0 bridgehead atoms. The van der Waals surface area contributed by atoms with Crippen molar-refractivity contribution in [2.45, 2.75) is 26.2 Å². The highest BCUT2D eigenvalue weighted by atomic mass is 32.1. The molecule has 158 valence electrons. The summed E-state index contributed by atoms with van der Waals surface area (Å²) >= 11 is 1.50. The third kappa shape index (κ3) is 4.80. The number of hydrogen-bond acceptors (Lipinski definition) is 7. The van der Waals surface area contributed by atoms with Gasteiger partial charge in [-0.05, 0) is 18.6 Å². The van der Waals surface area contributed by atoms with Crippen LogP contribution in [0.25, 0.3) is 22.6 Å². The van der Waals surface area contributed by atoms with E-state index >= 15 is 0 Å². The average Bonchev–Trinajstić information content (AvgIpc) is 3.45. The Kier molecular flexibility index (Phi) is 6.37. The number of rotatable bonds is 8. The lowest BCUT2D eigenvalue weighted by Crippen LogP contribution is -2.12. The number of anilines is 1. The summed E-state index contributed by atoms with van der Waals surface area (Å²) in [5.74, 6) is 1.35. The van der Waals surface area contributed by atoms with E-state index < -0.39 is 0 Å². The number of ether oxygens (including phenoxy) is 1. The molecular formula is C23H22N4O3S. The van der Waals surface area contributed by atoms with Gasteiger partial charge in [-0.15, -0.1) is 11.3 Å². The number of amides is 1. The molecule has 0 atom stereocenters. The first kappa shape index (κ1) is 20.7. The highest BCUT2D eigenvalue weighted by molar-refractivity contribution is 7.16. The van der Waals surface area contributed by atoms with Crippen LogP contribution in [0, 0.1) is 0 Å².